The molecule has 0 saturated carbocycles. The van der Waals surface area contributed by atoms with Crippen LogP contribution in [0.4, 0.5) is 0 Å². The Kier molecular flexibility index (Phi) is 6.33. The molecule has 2 aromatic rings. The van der Waals surface area contributed by atoms with Gasteiger partial charge in [0.15, 0.2) is 0 Å². The highest BCUT2D eigenvalue weighted by atomic mass is 35.5. The number of rotatable bonds is 7. The van der Waals surface area contributed by atoms with E-state index in [2.05, 4.69) is 16.4 Å². The summed E-state index contributed by atoms with van der Waals surface area (Å²) in [6, 6.07) is 11.9. The van der Waals surface area contributed by atoms with Crippen LogP contribution in [0.15, 0.2) is 52.5 Å². The third-order valence-electron chi connectivity index (χ3n) is 2.65. The molecular weight excluding hydrogens is 292 g/mol. The highest BCUT2D eigenvalue weighted by molar-refractivity contribution is 7.99. The van der Waals surface area contributed by atoms with Crippen molar-refractivity contribution in [1.29, 1.82) is 0 Å². The van der Waals surface area contributed by atoms with Crippen molar-refractivity contribution in [2.24, 2.45) is 0 Å². The van der Waals surface area contributed by atoms with Crippen molar-refractivity contribution in [3.8, 4) is 0 Å². The Morgan fingerprint density at radius 3 is 2.65 bits per heavy atom. The van der Waals surface area contributed by atoms with E-state index in [-0.39, 0.29) is 0 Å². The third kappa shape index (κ3) is 5.13. The molecule has 0 unspecified atom stereocenters. The van der Waals surface area contributed by atoms with Crippen LogP contribution in [0.25, 0.3) is 0 Å². The summed E-state index contributed by atoms with van der Waals surface area (Å²) < 4.78 is 4.98. The van der Waals surface area contributed by atoms with Crippen molar-refractivity contribution in [3.63, 3.8) is 0 Å². The zero-order chi connectivity index (χ0) is 14.2. The minimum atomic E-state index is 0.720. The number of methoxy groups -OCH3 is 1. The third-order valence-corrected chi connectivity index (χ3v) is 3.86. The number of nitrogens with one attached hydrogen (secondary N) is 1. The van der Waals surface area contributed by atoms with Crippen LogP contribution in [0.5, 0.6) is 0 Å². The van der Waals surface area contributed by atoms with Crippen LogP contribution in [-0.4, -0.2) is 25.2 Å². The first kappa shape index (κ1) is 15.3. The van der Waals surface area contributed by atoms with Gasteiger partial charge in [-0.3, -0.25) is 0 Å². The van der Waals surface area contributed by atoms with Crippen LogP contribution in [-0.2, 0) is 11.3 Å². The number of halogens is 1. The monoisotopic (exact) mass is 308 g/mol. The summed E-state index contributed by atoms with van der Waals surface area (Å²) in [6.45, 7) is 2.37. The average molecular weight is 309 g/mol. The van der Waals surface area contributed by atoms with Crippen LogP contribution in [0.3, 0.4) is 0 Å². The molecule has 1 N–H and O–H groups in total. The zero-order valence-corrected chi connectivity index (χ0v) is 12.9. The van der Waals surface area contributed by atoms with Gasteiger partial charge in [0.1, 0.15) is 5.03 Å². The summed E-state index contributed by atoms with van der Waals surface area (Å²) in [5, 5.41) is 5.02. The van der Waals surface area contributed by atoms with Crippen LogP contribution in [0.1, 0.15) is 5.56 Å². The number of hydrogen-bond donors (Lipinski definition) is 1. The molecule has 0 aliphatic rings. The minimum Gasteiger partial charge on any atom is -0.383 e. The number of hydrogen-bond acceptors (Lipinski definition) is 4. The summed E-state index contributed by atoms with van der Waals surface area (Å²) in [5.41, 5.74) is 1.17. The topological polar surface area (TPSA) is 34.1 Å². The molecular formula is C15H17ClN2OS. The molecule has 1 aromatic heterocycles. The predicted octanol–water partition coefficient (Wildman–Crippen LogP) is 3.62. The second-order valence-corrected chi connectivity index (χ2v) is 5.76. The van der Waals surface area contributed by atoms with Crippen LogP contribution in [0, 0.1) is 0 Å². The maximum Gasteiger partial charge on any atom is 0.101 e. The van der Waals surface area contributed by atoms with Gasteiger partial charge in [0, 0.05) is 36.3 Å². The van der Waals surface area contributed by atoms with Crippen molar-refractivity contribution in [2.75, 3.05) is 20.3 Å². The Hall–Kier alpha value is -1.07. The molecule has 3 nitrogen and oxygen atoms in total. The maximum absolute atomic E-state index is 5.87. The van der Waals surface area contributed by atoms with Gasteiger partial charge in [-0.05, 0) is 35.9 Å². The fraction of sp³-hybridized carbons (Fsp3) is 0.267. The lowest BCUT2D eigenvalue weighted by Crippen LogP contribution is -2.18. The van der Waals surface area contributed by atoms with E-state index in [4.69, 9.17) is 16.3 Å². The molecule has 0 aliphatic carbocycles. The lowest BCUT2D eigenvalue weighted by atomic mass is 10.3. The molecule has 2 rings (SSSR count). The van der Waals surface area contributed by atoms with Crippen LogP contribution in [0.2, 0.25) is 5.02 Å². The molecule has 0 radical (unpaired) electrons. The summed E-state index contributed by atoms with van der Waals surface area (Å²) in [6.07, 6.45) is 1.90. The number of ether oxygens (including phenoxy) is 1. The lowest BCUT2D eigenvalue weighted by molar-refractivity contribution is 0.199. The molecule has 0 aliphatic heterocycles. The SMILES string of the molecule is COCCNCc1ccc(Sc2ccc(Cl)cc2)nc1. The molecule has 0 saturated heterocycles. The Morgan fingerprint density at radius 1 is 1.20 bits per heavy atom. The van der Waals surface area contributed by atoms with E-state index in [9.17, 15) is 0 Å². The average Bonchev–Trinajstić information content (AvgIpc) is 2.48. The summed E-state index contributed by atoms with van der Waals surface area (Å²) in [4.78, 5) is 5.59. The van der Waals surface area contributed by atoms with E-state index in [1.807, 2.05) is 36.5 Å². The van der Waals surface area contributed by atoms with E-state index in [0.29, 0.717) is 0 Å². The lowest BCUT2D eigenvalue weighted by Gasteiger charge is -2.05. The highest BCUT2D eigenvalue weighted by Gasteiger charge is 2.00. The second-order valence-electron chi connectivity index (χ2n) is 4.23. The summed E-state index contributed by atoms with van der Waals surface area (Å²) >= 11 is 7.49. The molecule has 1 heterocycles. The van der Waals surface area contributed by atoms with Gasteiger partial charge in [0.2, 0.25) is 0 Å². The first-order chi connectivity index (χ1) is 9.78. The molecule has 5 heteroatoms. The van der Waals surface area contributed by atoms with Crippen molar-refractivity contribution >= 4 is 23.4 Å². The fourth-order valence-electron chi connectivity index (χ4n) is 1.61. The van der Waals surface area contributed by atoms with Gasteiger partial charge in [0.25, 0.3) is 0 Å². The van der Waals surface area contributed by atoms with Gasteiger partial charge in [-0.25, -0.2) is 4.98 Å². The smallest absolute Gasteiger partial charge is 0.101 e. The zero-order valence-electron chi connectivity index (χ0n) is 11.3. The first-order valence-corrected chi connectivity index (χ1v) is 7.55. The molecule has 1 aromatic carbocycles. The molecule has 0 amide bonds. The van der Waals surface area contributed by atoms with E-state index < -0.39 is 0 Å². The molecule has 0 bridgehead atoms. The largest absolute Gasteiger partial charge is 0.383 e. The van der Waals surface area contributed by atoms with E-state index in [0.717, 1.165) is 34.6 Å². The van der Waals surface area contributed by atoms with Crippen molar-refractivity contribution in [3.05, 3.63) is 53.2 Å². The van der Waals surface area contributed by atoms with Gasteiger partial charge in [-0.15, -0.1) is 0 Å². The summed E-state index contributed by atoms with van der Waals surface area (Å²) in [5.74, 6) is 0. The van der Waals surface area contributed by atoms with Gasteiger partial charge >= 0.3 is 0 Å². The molecule has 106 valence electrons. The van der Waals surface area contributed by atoms with Gasteiger partial charge in [0.05, 0.1) is 6.61 Å². The normalized spacial score (nSPS) is 10.7. The standard InChI is InChI=1S/C15H17ClN2OS/c1-19-9-8-17-10-12-2-7-15(18-11-12)20-14-5-3-13(16)4-6-14/h2-7,11,17H,8-10H2,1H3. The van der Waals surface area contributed by atoms with E-state index in [1.165, 1.54) is 5.56 Å². The second kappa shape index (κ2) is 8.27. The van der Waals surface area contributed by atoms with Gasteiger partial charge in [-0.2, -0.15) is 0 Å². The van der Waals surface area contributed by atoms with E-state index in [1.54, 1.807) is 18.9 Å². The number of pyridine rings is 1. The number of benzene rings is 1. The van der Waals surface area contributed by atoms with Gasteiger partial charge < -0.3 is 10.1 Å². The Morgan fingerprint density at radius 2 is 2.00 bits per heavy atom. The molecule has 0 fully saturated rings. The maximum atomic E-state index is 5.87. The molecule has 0 atom stereocenters. The quantitative estimate of drug-likeness (QED) is 0.792. The highest BCUT2D eigenvalue weighted by Crippen LogP contribution is 2.26. The minimum absolute atomic E-state index is 0.720. The van der Waals surface area contributed by atoms with Crippen molar-refractivity contribution in [1.82, 2.24) is 10.3 Å². The van der Waals surface area contributed by atoms with Crippen molar-refractivity contribution in [2.45, 2.75) is 16.5 Å². The van der Waals surface area contributed by atoms with Crippen LogP contribution >= 0.6 is 23.4 Å². The predicted molar refractivity (Wildman–Crippen MR) is 83.4 cm³/mol. The number of nitrogens with zero attached hydrogens (tertiary/aromatic N) is 1. The first-order valence-electron chi connectivity index (χ1n) is 6.36. The van der Waals surface area contributed by atoms with Crippen LogP contribution < -0.4 is 5.32 Å². The molecule has 0 spiro atoms. The number of aromatic nitrogens is 1. The van der Waals surface area contributed by atoms with Gasteiger partial charge in [-0.1, -0.05) is 29.4 Å². The Labute approximate surface area is 128 Å². The Bertz CT molecular complexity index is 516. The van der Waals surface area contributed by atoms with E-state index >= 15 is 0 Å². The Balaban J connectivity index is 1.86. The summed E-state index contributed by atoms with van der Waals surface area (Å²) in [7, 11) is 1.70. The fourth-order valence-corrected chi connectivity index (χ4v) is 2.49. The molecule has 20 heavy (non-hydrogen) atoms. The van der Waals surface area contributed by atoms with Crippen molar-refractivity contribution < 1.29 is 4.74 Å².